The van der Waals surface area contributed by atoms with Gasteiger partial charge >= 0.3 is 0 Å². The first-order valence-electron chi connectivity index (χ1n) is 6.02. The molecule has 5 heteroatoms. The van der Waals surface area contributed by atoms with Gasteiger partial charge in [-0.3, -0.25) is 19.7 Å². The van der Waals surface area contributed by atoms with Gasteiger partial charge in [0.25, 0.3) is 0 Å². The zero-order valence-corrected chi connectivity index (χ0v) is 10.3. The number of hydrogen-bond donors (Lipinski definition) is 2. The molecule has 19 heavy (non-hydrogen) atoms. The molecule has 5 nitrogen and oxygen atoms in total. The first-order valence-corrected chi connectivity index (χ1v) is 6.02. The molecule has 2 N–H and O–H groups in total. The van der Waals surface area contributed by atoms with Gasteiger partial charge in [0.1, 0.15) is 6.04 Å². The molecule has 0 radical (unpaired) electrons. The average molecular weight is 258 g/mol. The number of amides is 3. The lowest BCUT2D eigenvalue weighted by molar-refractivity contribution is -0.136. The van der Waals surface area contributed by atoms with E-state index < -0.39 is 11.9 Å². The van der Waals surface area contributed by atoms with Crippen LogP contribution in [0.2, 0.25) is 0 Å². The summed E-state index contributed by atoms with van der Waals surface area (Å²) in [5.41, 5.74) is 0.904. The van der Waals surface area contributed by atoms with E-state index in [1.54, 1.807) is 6.08 Å². The minimum absolute atomic E-state index is 0.249. The fraction of sp³-hybridized carbons (Fsp3) is 0.214. The van der Waals surface area contributed by atoms with Crippen molar-refractivity contribution in [1.82, 2.24) is 10.6 Å². The molecule has 1 atom stereocenters. The molecule has 0 aromatic heterocycles. The second-order valence-corrected chi connectivity index (χ2v) is 4.26. The van der Waals surface area contributed by atoms with Crippen LogP contribution in [0.1, 0.15) is 18.4 Å². The van der Waals surface area contributed by atoms with Crippen LogP contribution in [-0.2, 0) is 14.4 Å². The number of nitrogens with one attached hydrogen (secondary N) is 2. The van der Waals surface area contributed by atoms with E-state index in [0.717, 1.165) is 5.56 Å². The van der Waals surface area contributed by atoms with Crippen molar-refractivity contribution in [2.45, 2.75) is 18.9 Å². The predicted octanol–water partition coefficient (Wildman–Crippen LogP) is 0.621. The predicted molar refractivity (Wildman–Crippen MR) is 69.8 cm³/mol. The van der Waals surface area contributed by atoms with Crippen molar-refractivity contribution in [2.75, 3.05) is 0 Å². The maximum Gasteiger partial charge on any atom is 0.249 e. The summed E-state index contributed by atoms with van der Waals surface area (Å²) < 4.78 is 0. The Kier molecular flexibility index (Phi) is 4.07. The number of rotatable bonds is 3. The molecule has 1 fully saturated rings. The van der Waals surface area contributed by atoms with Gasteiger partial charge in [0, 0.05) is 12.5 Å². The fourth-order valence-corrected chi connectivity index (χ4v) is 1.79. The molecule has 98 valence electrons. The molecule has 2 rings (SSSR count). The van der Waals surface area contributed by atoms with E-state index in [9.17, 15) is 14.4 Å². The molecule has 1 aromatic rings. The highest BCUT2D eigenvalue weighted by atomic mass is 16.2. The molecule has 3 amide bonds. The van der Waals surface area contributed by atoms with Gasteiger partial charge < -0.3 is 5.32 Å². The number of benzene rings is 1. The van der Waals surface area contributed by atoms with Gasteiger partial charge in [-0.2, -0.15) is 0 Å². The molecule has 1 unspecified atom stereocenters. The Balaban J connectivity index is 1.89. The Morgan fingerprint density at radius 2 is 2.00 bits per heavy atom. The summed E-state index contributed by atoms with van der Waals surface area (Å²) in [6.45, 7) is 0. The standard InChI is InChI=1S/C14H14N2O3/c17-12(8-6-10-4-2-1-3-5-10)15-11-7-9-13(18)16-14(11)19/h1-6,8,11H,7,9H2,(H,15,17)(H,16,18,19). The van der Waals surface area contributed by atoms with Crippen molar-refractivity contribution in [2.24, 2.45) is 0 Å². The van der Waals surface area contributed by atoms with Crippen LogP contribution < -0.4 is 10.6 Å². The molecule has 0 aliphatic carbocycles. The van der Waals surface area contributed by atoms with Crippen LogP contribution in [0.5, 0.6) is 0 Å². The Bertz CT molecular complexity index is 523. The normalized spacial score (nSPS) is 19.3. The summed E-state index contributed by atoms with van der Waals surface area (Å²) in [7, 11) is 0. The lowest BCUT2D eigenvalue weighted by Crippen LogP contribution is -2.51. The van der Waals surface area contributed by atoms with E-state index in [1.165, 1.54) is 6.08 Å². The molecular formula is C14H14N2O3. The third-order valence-corrected chi connectivity index (χ3v) is 2.78. The van der Waals surface area contributed by atoms with Crippen molar-refractivity contribution in [1.29, 1.82) is 0 Å². The first kappa shape index (κ1) is 13.0. The molecule has 1 aromatic carbocycles. The van der Waals surface area contributed by atoms with Crippen LogP contribution in [0.4, 0.5) is 0 Å². The van der Waals surface area contributed by atoms with Crippen molar-refractivity contribution in [3.05, 3.63) is 42.0 Å². The maximum absolute atomic E-state index is 11.6. The van der Waals surface area contributed by atoms with Crippen LogP contribution in [-0.4, -0.2) is 23.8 Å². The Morgan fingerprint density at radius 3 is 2.68 bits per heavy atom. The summed E-state index contributed by atoms with van der Waals surface area (Å²) in [4.78, 5) is 34.0. The smallest absolute Gasteiger partial charge is 0.249 e. The van der Waals surface area contributed by atoms with Gasteiger partial charge in [-0.05, 0) is 18.1 Å². The maximum atomic E-state index is 11.6. The van der Waals surface area contributed by atoms with Gasteiger partial charge in [0.15, 0.2) is 0 Å². The van der Waals surface area contributed by atoms with E-state index in [0.29, 0.717) is 6.42 Å². The zero-order valence-electron chi connectivity index (χ0n) is 10.3. The SMILES string of the molecule is O=C(C=Cc1ccccc1)NC1CCC(=O)NC1=O. The van der Waals surface area contributed by atoms with Gasteiger partial charge in [-0.1, -0.05) is 30.3 Å². The van der Waals surface area contributed by atoms with Crippen molar-refractivity contribution >= 4 is 23.8 Å². The van der Waals surface area contributed by atoms with Crippen molar-refractivity contribution < 1.29 is 14.4 Å². The monoisotopic (exact) mass is 258 g/mol. The van der Waals surface area contributed by atoms with Gasteiger partial charge in [0.2, 0.25) is 17.7 Å². The topological polar surface area (TPSA) is 75.3 Å². The van der Waals surface area contributed by atoms with Crippen molar-refractivity contribution in [3.63, 3.8) is 0 Å². The lowest BCUT2D eigenvalue weighted by Gasteiger charge is -2.20. The number of hydrogen-bond acceptors (Lipinski definition) is 3. The highest BCUT2D eigenvalue weighted by Crippen LogP contribution is 2.05. The van der Waals surface area contributed by atoms with Gasteiger partial charge in [0.05, 0.1) is 0 Å². The summed E-state index contributed by atoms with van der Waals surface area (Å²) in [6, 6.07) is 8.74. The molecule has 0 bridgehead atoms. The van der Waals surface area contributed by atoms with E-state index in [1.807, 2.05) is 30.3 Å². The minimum Gasteiger partial charge on any atom is -0.341 e. The van der Waals surface area contributed by atoms with Crippen LogP contribution in [0.3, 0.4) is 0 Å². The number of imide groups is 1. The van der Waals surface area contributed by atoms with Crippen LogP contribution in [0, 0.1) is 0 Å². The zero-order chi connectivity index (χ0) is 13.7. The molecule has 1 saturated heterocycles. The van der Waals surface area contributed by atoms with E-state index in [-0.39, 0.29) is 18.2 Å². The van der Waals surface area contributed by atoms with E-state index in [2.05, 4.69) is 10.6 Å². The minimum atomic E-state index is -0.634. The molecule has 0 spiro atoms. The lowest BCUT2D eigenvalue weighted by atomic mass is 10.1. The third-order valence-electron chi connectivity index (χ3n) is 2.78. The van der Waals surface area contributed by atoms with Crippen LogP contribution in [0.25, 0.3) is 6.08 Å². The highest BCUT2D eigenvalue weighted by Gasteiger charge is 2.27. The fourth-order valence-electron chi connectivity index (χ4n) is 1.79. The van der Waals surface area contributed by atoms with Crippen molar-refractivity contribution in [3.8, 4) is 0 Å². The first-order chi connectivity index (χ1) is 9.15. The Labute approximate surface area is 110 Å². The second kappa shape index (κ2) is 5.95. The summed E-state index contributed by atoms with van der Waals surface area (Å²) in [6.07, 6.45) is 3.63. The van der Waals surface area contributed by atoms with Crippen LogP contribution in [0.15, 0.2) is 36.4 Å². The number of piperidine rings is 1. The summed E-state index contributed by atoms with van der Waals surface area (Å²) in [5.74, 6) is -1.09. The number of carbonyl (C=O) groups excluding carboxylic acids is 3. The highest BCUT2D eigenvalue weighted by molar-refractivity contribution is 6.03. The second-order valence-electron chi connectivity index (χ2n) is 4.26. The van der Waals surface area contributed by atoms with E-state index >= 15 is 0 Å². The molecule has 1 aliphatic heterocycles. The van der Waals surface area contributed by atoms with Gasteiger partial charge in [-0.15, -0.1) is 0 Å². The Morgan fingerprint density at radius 1 is 1.26 bits per heavy atom. The molecule has 1 aliphatic rings. The molecule has 0 saturated carbocycles. The quantitative estimate of drug-likeness (QED) is 0.616. The largest absolute Gasteiger partial charge is 0.341 e. The van der Waals surface area contributed by atoms with Gasteiger partial charge in [-0.25, -0.2) is 0 Å². The average Bonchev–Trinajstić information content (AvgIpc) is 2.41. The third kappa shape index (κ3) is 3.77. The Hall–Kier alpha value is -2.43. The molecular weight excluding hydrogens is 244 g/mol. The van der Waals surface area contributed by atoms with E-state index in [4.69, 9.17) is 0 Å². The molecule has 1 heterocycles. The summed E-state index contributed by atoms with van der Waals surface area (Å²) in [5, 5.41) is 4.76. The number of carbonyl (C=O) groups is 3. The summed E-state index contributed by atoms with van der Waals surface area (Å²) >= 11 is 0. The van der Waals surface area contributed by atoms with Crippen LogP contribution >= 0.6 is 0 Å².